The summed E-state index contributed by atoms with van der Waals surface area (Å²) in [5.41, 5.74) is -0.649. The third-order valence-corrected chi connectivity index (χ3v) is 7.18. The monoisotopic (exact) mass is 512 g/mol. The highest BCUT2D eigenvalue weighted by Crippen LogP contribution is 2.28. The highest BCUT2D eigenvalue weighted by molar-refractivity contribution is 7.89. The number of carbonyl (C=O) groups excluding carboxylic acids is 4. The lowest BCUT2D eigenvalue weighted by Crippen LogP contribution is -2.43. The van der Waals surface area contributed by atoms with Crippen LogP contribution >= 0.6 is 0 Å². The molecule has 11 nitrogen and oxygen atoms in total. The molecule has 2 rings (SSSR count). The highest BCUT2D eigenvalue weighted by Gasteiger charge is 2.41. The summed E-state index contributed by atoms with van der Waals surface area (Å²) in [5.74, 6) is -2.53. The zero-order valence-corrected chi connectivity index (χ0v) is 21.3. The van der Waals surface area contributed by atoms with Crippen molar-refractivity contribution in [2.24, 2.45) is 0 Å². The predicted molar refractivity (Wildman–Crippen MR) is 124 cm³/mol. The smallest absolute Gasteiger partial charge is 0.328 e. The number of carbonyl (C=O) groups is 4. The second kappa shape index (κ2) is 11.6. The van der Waals surface area contributed by atoms with Crippen LogP contribution in [0.2, 0.25) is 0 Å². The molecule has 0 bridgehead atoms. The molecule has 1 amide bonds. The van der Waals surface area contributed by atoms with Gasteiger partial charge in [-0.15, -0.1) is 0 Å². The number of rotatable bonds is 9. The second-order valence-electron chi connectivity index (χ2n) is 9.00. The van der Waals surface area contributed by atoms with E-state index in [2.05, 4.69) is 14.8 Å². The minimum Gasteiger partial charge on any atom is -0.469 e. The molecule has 2 atom stereocenters. The van der Waals surface area contributed by atoms with Crippen molar-refractivity contribution in [3.05, 3.63) is 29.8 Å². The molecule has 0 unspecified atom stereocenters. The molecule has 1 N–H and O–H groups in total. The molecule has 0 aliphatic carbocycles. The number of nitrogens with zero attached hydrogens (tertiary/aromatic N) is 1. The fourth-order valence-electron chi connectivity index (χ4n) is 3.54. The Morgan fingerprint density at radius 3 is 2.26 bits per heavy atom. The molecule has 0 spiro atoms. The van der Waals surface area contributed by atoms with Crippen LogP contribution in [0.25, 0.3) is 0 Å². The van der Waals surface area contributed by atoms with Crippen LogP contribution in [0.4, 0.5) is 0 Å². The number of nitrogens with one attached hydrogen (secondary N) is 1. The molecule has 1 aromatic rings. The maximum absolute atomic E-state index is 13.2. The summed E-state index contributed by atoms with van der Waals surface area (Å²) in [6.07, 6.45) is 0.736. The SMILES string of the molecule is COC(=O)CC[C@H](NC(=O)c1ccc(S(=O)(=O)N2CCC[C@@H]2C(=O)OC(C)(C)C)cc1)C(=O)OC. The first-order valence-corrected chi connectivity index (χ1v) is 12.5. The summed E-state index contributed by atoms with van der Waals surface area (Å²) in [6, 6.07) is 3.12. The van der Waals surface area contributed by atoms with Crippen LogP contribution in [0.5, 0.6) is 0 Å². The van der Waals surface area contributed by atoms with Gasteiger partial charge in [-0.25, -0.2) is 13.2 Å². The summed E-state index contributed by atoms with van der Waals surface area (Å²) in [6.45, 7) is 5.31. The number of hydrogen-bond donors (Lipinski definition) is 1. The number of ether oxygens (including phenoxy) is 3. The van der Waals surface area contributed by atoms with Crippen molar-refractivity contribution in [2.75, 3.05) is 20.8 Å². The number of methoxy groups -OCH3 is 2. The minimum absolute atomic E-state index is 0.0292. The first-order chi connectivity index (χ1) is 16.3. The molecule has 1 aliphatic rings. The van der Waals surface area contributed by atoms with Gasteiger partial charge in [0, 0.05) is 18.5 Å². The molecule has 194 valence electrons. The summed E-state index contributed by atoms with van der Waals surface area (Å²) >= 11 is 0. The van der Waals surface area contributed by atoms with E-state index in [1.54, 1.807) is 20.8 Å². The Bertz CT molecular complexity index is 1050. The Morgan fingerprint density at radius 2 is 1.71 bits per heavy atom. The quantitative estimate of drug-likeness (QED) is 0.383. The molecule has 0 saturated carbocycles. The standard InChI is InChI=1S/C23H32N2O9S/c1-23(2,3)34-22(29)18-7-6-14-25(18)35(30,31)16-10-8-15(9-11-16)20(27)24-17(21(28)33-5)12-13-19(26)32-4/h8-11,17-18H,6-7,12-14H2,1-5H3,(H,24,27)/t17-,18+/m0/s1. The topological polar surface area (TPSA) is 145 Å². The second-order valence-corrected chi connectivity index (χ2v) is 10.9. The van der Waals surface area contributed by atoms with E-state index < -0.39 is 51.5 Å². The average molecular weight is 513 g/mol. The third kappa shape index (κ3) is 7.49. The number of benzene rings is 1. The molecule has 0 radical (unpaired) electrons. The van der Waals surface area contributed by atoms with Crippen molar-refractivity contribution in [2.45, 2.75) is 69.0 Å². The van der Waals surface area contributed by atoms with Gasteiger partial charge in [-0.3, -0.25) is 14.4 Å². The lowest BCUT2D eigenvalue weighted by molar-refractivity contribution is -0.158. The van der Waals surface area contributed by atoms with Gasteiger partial charge in [-0.1, -0.05) is 0 Å². The van der Waals surface area contributed by atoms with Crippen molar-refractivity contribution in [3.63, 3.8) is 0 Å². The van der Waals surface area contributed by atoms with E-state index in [0.717, 1.165) is 11.4 Å². The van der Waals surface area contributed by atoms with Crippen LogP contribution in [0, 0.1) is 0 Å². The zero-order chi connectivity index (χ0) is 26.4. The van der Waals surface area contributed by atoms with Crippen LogP contribution in [-0.4, -0.2) is 75.0 Å². The molecule has 0 aromatic heterocycles. The van der Waals surface area contributed by atoms with Crippen LogP contribution in [-0.2, 0) is 38.6 Å². The minimum atomic E-state index is -4.02. The van der Waals surface area contributed by atoms with E-state index in [4.69, 9.17) is 4.74 Å². The largest absolute Gasteiger partial charge is 0.469 e. The Labute approximate surface area is 205 Å². The lowest BCUT2D eigenvalue weighted by atomic mass is 10.1. The van der Waals surface area contributed by atoms with Crippen molar-refractivity contribution in [1.29, 1.82) is 0 Å². The summed E-state index contributed by atoms with van der Waals surface area (Å²) in [4.78, 5) is 48.4. The molecule has 1 aliphatic heterocycles. The van der Waals surface area contributed by atoms with Gasteiger partial charge >= 0.3 is 17.9 Å². The number of amides is 1. The van der Waals surface area contributed by atoms with Gasteiger partial charge < -0.3 is 19.5 Å². The predicted octanol–water partition coefficient (Wildman–Crippen LogP) is 1.41. The lowest BCUT2D eigenvalue weighted by Gasteiger charge is -2.27. The normalized spacial score (nSPS) is 17.3. The Hall–Kier alpha value is -2.99. The van der Waals surface area contributed by atoms with Crippen molar-refractivity contribution >= 4 is 33.8 Å². The van der Waals surface area contributed by atoms with Crippen molar-refractivity contribution in [1.82, 2.24) is 9.62 Å². The van der Waals surface area contributed by atoms with E-state index in [1.807, 2.05) is 0 Å². The summed E-state index contributed by atoms with van der Waals surface area (Å²) in [5, 5.41) is 2.48. The molecular weight excluding hydrogens is 480 g/mol. The van der Waals surface area contributed by atoms with Crippen molar-refractivity contribution in [3.8, 4) is 0 Å². The maximum Gasteiger partial charge on any atom is 0.328 e. The van der Waals surface area contributed by atoms with E-state index in [0.29, 0.717) is 12.8 Å². The molecule has 1 aromatic carbocycles. The first kappa shape index (κ1) is 28.2. The maximum atomic E-state index is 13.2. The van der Waals surface area contributed by atoms with Crippen LogP contribution in [0.3, 0.4) is 0 Å². The van der Waals surface area contributed by atoms with Gasteiger partial charge in [-0.2, -0.15) is 4.31 Å². The fourth-order valence-corrected chi connectivity index (χ4v) is 5.19. The third-order valence-electron chi connectivity index (χ3n) is 5.26. The Kier molecular flexibility index (Phi) is 9.38. The van der Waals surface area contributed by atoms with Crippen molar-refractivity contribution < 1.29 is 41.8 Å². The summed E-state index contributed by atoms with van der Waals surface area (Å²) < 4.78 is 42.1. The Balaban J connectivity index is 2.15. The highest BCUT2D eigenvalue weighted by atomic mass is 32.2. The van der Waals surface area contributed by atoms with E-state index in [9.17, 15) is 27.6 Å². The molecule has 12 heteroatoms. The van der Waals surface area contributed by atoms with Gasteiger partial charge in [0.1, 0.15) is 17.7 Å². The molecule has 1 fully saturated rings. The molecule has 1 saturated heterocycles. The van der Waals surface area contributed by atoms with Crippen LogP contribution in [0.15, 0.2) is 29.2 Å². The van der Waals surface area contributed by atoms with Gasteiger partial charge in [-0.05, 0) is 64.3 Å². The van der Waals surface area contributed by atoms with Crippen LogP contribution < -0.4 is 5.32 Å². The zero-order valence-electron chi connectivity index (χ0n) is 20.5. The first-order valence-electron chi connectivity index (χ1n) is 11.1. The molecule has 35 heavy (non-hydrogen) atoms. The average Bonchev–Trinajstić information content (AvgIpc) is 3.31. The van der Waals surface area contributed by atoms with E-state index in [-0.39, 0.29) is 29.8 Å². The molecular formula is C23H32N2O9S. The number of esters is 3. The van der Waals surface area contributed by atoms with Gasteiger partial charge in [0.15, 0.2) is 0 Å². The summed E-state index contributed by atoms with van der Waals surface area (Å²) in [7, 11) is -1.65. The van der Waals surface area contributed by atoms with Gasteiger partial charge in [0.2, 0.25) is 10.0 Å². The number of hydrogen-bond acceptors (Lipinski definition) is 9. The fraction of sp³-hybridized carbons (Fsp3) is 0.565. The van der Waals surface area contributed by atoms with Gasteiger partial charge in [0.05, 0.1) is 19.1 Å². The number of sulfonamides is 1. The molecule has 1 heterocycles. The van der Waals surface area contributed by atoms with E-state index >= 15 is 0 Å². The Morgan fingerprint density at radius 1 is 1.09 bits per heavy atom. The van der Waals surface area contributed by atoms with Crippen LogP contribution in [0.1, 0.15) is 56.8 Å². The van der Waals surface area contributed by atoms with E-state index in [1.165, 1.54) is 31.4 Å². The van der Waals surface area contributed by atoms with Gasteiger partial charge in [0.25, 0.3) is 5.91 Å².